The number of nitrogens with one attached hydrogen (secondary N) is 2. The van der Waals surface area contributed by atoms with Gasteiger partial charge in [0, 0.05) is 31.9 Å². The van der Waals surface area contributed by atoms with Gasteiger partial charge in [0.25, 0.3) is 0 Å². The molecule has 1 aromatic carbocycles. The van der Waals surface area contributed by atoms with Crippen LogP contribution in [0.3, 0.4) is 0 Å². The number of hydrogen-bond donors (Lipinski definition) is 4. The fourth-order valence-corrected chi connectivity index (χ4v) is 3.32. The highest BCUT2D eigenvalue weighted by Gasteiger charge is 2.18. The summed E-state index contributed by atoms with van der Waals surface area (Å²) in [6.45, 7) is 3.19. The van der Waals surface area contributed by atoms with Gasteiger partial charge in [0.05, 0.1) is 4.90 Å². The zero-order chi connectivity index (χ0) is 17.6. The first-order valence-electron chi connectivity index (χ1n) is 7.89. The van der Waals surface area contributed by atoms with Crippen LogP contribution in [0.25, 0.3) is 0 Å². The first kappa shape index (κ1) is 18.7. The summed E-state index contributed by atoms with van der Waals surface area (Å²) in [6, 6.07) is 5.37. The number of aliphatic hydroxyl groups is 1. The van der Waals surface area contributed by atoms with Crippen LogP contribution in [0.5, 0.6) is 0 Å². The Bertz CT molecular complexity index is 665. The predicted molar refractivity (Wildman–Crippen MR) is 91.1 cm³/mol. The van der Waals surface area contributed by atoms with Crippen molar-refractivity contribution < 1.29 is 18.3 Å². The largest absolute Gasteiger partial charge is 0.396 e. The quantitative estimate of drug-likeness (QED) is 0.578. The number of rotatable bonds is 6. The number of primary sulfonamides is 1. The van der Waals surface area contributed by atoms with Crippen LogP contribution in [0.15, 0.2) is 29.2 Å². The van der Waals surface area contributed by atoms with Gasteiger partial charge in [0.2, 0.25) is 10.0 Å². The smallest absolute Gasteiger partial charge is 0.319 e. The highest BCUT2D eigenvalue weighted by molar-refractivity contribution is 7.89. The van der Waals surface area contributed by atoms with Crippen molar-refractivity contribution in [1.82, 2.24) is 10.2 Å². The second kappa shape index (κ2) is 8.43. The molecule has 134 valence electrons. The van der Waals surface area contributed by atoms with Crippen LogP contribution >= 0.6 is 0 Å². The van der Waals surface area contributed by atoms with Gasteiger partial charge >= 0.3 is 6.03 Å². The van der Waals surface area contributed by atoms with E-state index in [0.29, 0.717) is 24.7 Å². The molecule has 0 aromatic heterocycles. The molecule has 0 saturated carbocycles. The van der Waals surface area contributed by atoms with Gasteiger partial charge in [-0.3, -0.25) is 0 Å². The fraction of sp³-hybridized carbons (Fsp3) is 0.533. The third kappa shape index (κ3) is 5.75. The molecule has 1 aliphatic rings. The number of carbonyl (C=O) groups is 1. The minimum Gasteiger partial charge on any atom is -0.396 e. The number of sulfonamides is 1. The monoisotopic (exact) mass is 356 g/mol. The van der Waals surface area contributed by atoms with Crippen LogP contribution in [0.1, 0.15) is 12.8 Å². The summed E-state index contributed by atoms with van der Waals surface area (Å²) in [5, 5.41) is 19.6. The Morgan fingerprint density at radius 1 is 1.42 bits per heavy atom. The Labute approximate surface area is 142 Å². The molecule has 8 nitrogen and oxygen atoms in total. The molecule has 2 amide bonds. The molecule has 9 heteroatoms. The van der Waals surface area contributed by atoms with Gasteiger partial charge in [-0.2, -0.15) is 0 Å². The minimum absolute atomic E-state index is 0.0522. The Morgan fingerprint density at radius 2 is 2.21 bits per heavy atom. The Hall–Kier alpha value is -1.68. The molecule has 5 N–H and O–H groups in total. The van der Waals surface area contributed by atoms with Crippen LogP contribution < -0.4 is 15.8 Å². The lowest BCUT2D eigenvalue weighted by Crippen LogP contribution is -2.42. The number of nitrogens with zero attached hydrogens (tertiary/aromatic N) is 1. The van der Waals surface area contributed by atoms with Gasteiger partial charge in [0.1, 0.15) is 0 Å². The normalized spacial score (nSPS) is 19.0. The van der Waals surface area contributed by atoms with Crippen molar-refractivity contribution in [1.29, 1.82) is 0 Å². The molecule has 1 atom stereocenters. The molecule has 1 aliphatic heterocycles. The minimum atomic E-state index is -3.80. The maximum absolute atomic E-state index is 11.9. The van der Waals surface area contributed by atoms with E-state index in [2.05, 4.69) is 15.5 Å². The van der Waals surface area contributed by atoms with Crippen LogP contribution in [0.4, 0.5) is 10.5 Å². The Balaban J connectivity index is 1.77. The summed E-state index contributed by atoms with van der Waals surface area (Å²) in [7, 11) is -3.80. The van der Waals surface area contributed by atoms with E-state index < -0.39 is 16.1 Å². The van der Waals surface area contributed by atoms with E-state index in [1.165, 1.54) is 18.2 Å². The predicted octanol–water partition coefficient (Wildman–Crippen LogP) is 0.160. The van der Waals surface area contributed by atoms with Crippen molar-refractivity contribution in [3.63, 3.8) is 0 Å². The van der Waals surface area contributed by atoms with Gasteiger partial charge in [-0.05, 0) is 43.5 Å². The lowest BCUT2D eigenvalue weighted by Gasteiger charge is -2.31. The van der Waals surface area contributed by atoms with Crippen LogP contribution in [-0.2, 0) is 10.0 Å². The molecule has 1 heterocycles. The van der Waals surface area contributed by atoms with Crippen LogP contribution in [0.2, 0.25) is 0 Å². The van der Waals surface area contributed by atoms with Crippen molar-refractivity contribution in [2.75, 3.05) is 38.1 Å². The SMILES string of the molecule is NS(=O)(=O)c1cccc(NC(=O)NCCN2CCCC(CO)C2)c1. The van der Waals surface area contributed by atoms with Gasteiger partial charge in [-0.15, -0.1) is 0 Å². The van der Waals surface area contributed by atoms with E-state index in [1.807, 2.05) is 0 Å². The number of carbonyl (C=O) groups excluding carboxylic acids is 1. The average molecular weight is 356 g/mol. The summed E-state index contributed by atoms with van der Waals surface area (Å²) in [4.78, 5) is 14.0. The third-order valence-corrected chi connectivity index (χ3v) is 4.91. The lowest BCUT2D eigenvalue weighted by molar-refractivity contribution is 0.121. The zero-order valence-corrected chi connectivity index (χ0v) is 14.3. The zero-order valence-electron chi connectivity index (χ0n) is 13.4. The average Bonchev–Trinajstić information content (AvgIpc) is 2.54. The molecule has 0 aliphatic carbocycles. The molecule has 2 rings (SSSR count). The first-order valence-corrected chi connectivity index (χ1v) is 9.44. The maximum atomic E-state index is 11.9. The number of amides is 2. The molecule has 0 spiro atoms. The summed E-state index contributed by atoms with van der Waals surface area (Å²) in [5.74, 6) is 0.313. The Kier molecular flexibility index (Phi) is 6.55. The molecular weight excluding hydrogens is 332 g/mol. The van der Waals surface area contributed by atoms with Crippen LogP contribution in [-0.4, -0.2) is 57.2 Å². The van der Waals surface area contributed by atoms with E-state index in [0.717, 1.165) is 25.9 Å². The second-order valence-corrected chi connectivity index (χ2v) is 7.51. The fourth-order valence-electron chi connectivity index (χ4n) is 2.76. The molecule has 24 heavy (non-hydrogen) atoms. The number of piperidine rings is 1. The molecule has 0 bridgehead atoms. The number of benzene rings is 1. The first-order chi connectivity index (χ1) is 11.4. The summed E-state index contributed by atoms with van der Waals surface area (Å²) in [6.07, 6.45) is 2.10. The van der Waals surface area contributed by atoms with Gasteiger partial charge in [0.15, 0.2) is 0 Å². The van der Waals surface area contributed by atoms with Crippen molar-refractivity contribution in [3.8, 4) is 0 Å². The Morgan fingerprint density at radius 3 is 2.92 bits per heavy atom. The summed E-state index contributed by atoms with van der Waals surface area (Å²) in [5.41, 5.74) is 0.359. The van der Waals surface area contributed by atoms with Crippen molar-refractivity contribution in [2.45, 2.75) is 17.7 Å². The van der Waals surface area contributed by atoms with Crippen molar-refractivity contribution in [2.24, 2.45) is 11.1 Å². The highest BCUT2D eigenvalue weighted by atomic mass is 32.2. The third-order valence-electron chi connectivity index (χ3n) is 4.00. The van der Waals surface area contributed by atoms with Gasteiger partial charge in [-0.25, -0.2) is 18.4 Å². The number of nitrogens with two attached hydrogens (primary N) is 1. The molecular formula is C15H24N4O4S. The number of urea groups is 1. The molecule has 1 fully saturated rings. The number of anilines is 1. The number of hydrogen-bond acceptors (Lipinski definition) is 5. The maximum Gasteiger partial charge on any atom is 0.319 e. The standard InChI is InChI=1S/C15H24N4O4S/c16-24(22,23)14-5-1-4-13(9-14)18-15(21)17-6-8-19-7-2-3-12(10-19)11-20/h1,4-5,9,12,20H,2-3,6-8,10-11H2,(H2,16,22,23)(H2,17,18,21). The van der Waals surface area contributed by atoms with Gasteiger partial charge < -0.3 is 20.6 Å². The van der Waals surface area contributed by atoms with Crippen molar-refractivity contribution in [3.05, 3.63) is 24.3 Å². The molecule has 1 saturated heterocycles. The summed E-state index contributed by atoms with van der Waals surface area (Å²) >= 11 is 0. The second-order valence-electron chi connectivity index (χ2n) is 5.95. The summed E-state index contributed by atoms with van der Waals surface area (Å²) < 4.78 is 22.6. The van der Waals surface area contributed by atoms with E-state index in [4.69, 9.17) is 5.14 Å². The van der Waals surface area contributed by atoms with Crippen molar-refractivity contribution >= 4 is 21.7 Å². The van der Waals surface area contributed by atoms with E-state index in [1.54, 1.807) is 6.07 Å². The van der Waals surface area contributed by atoms with Crippen LogP contribution in [0, 0.1) is 5.92 Å². The number of aliphatic hydroxyl groups excluding tert-OH is 1. The molecule has 1 unspecified atom stereocenters. The van der Waals surface area contributed by atoms with E-state index in [9.17, 15) is 18.3 Å². The molecule has 0 radical (unpaired) electrons. The van der Waals surface area contributed by atoms with E-state index >= 15 is 0 Å². The highest BCUT2D eigenvalue weighted by Crippen LogP contribution is 2.15. The topological polar surface area (TPSA) is 125 Å². The lowest BCUT2D eigenvalue weighted by atomic mass is 9.99. The van der Waals surface area contributed by atoms with E-state index in [-0.39, 0.29) is 11.5 Å². The molecule has 1 aromatic rings. The number of likely N-dealkylation sites (tertiary alicyclic amines) is 1. The van der Waals surface area contributed by atoms with Gasteiger partial charge in [-0.1, -0.05) is 6.07 Å².